The predicted octanol–water partition coefficient (Wildman–Crippen LogP) is 3.68. The lowest BCUT2D eigenvalue weighted by Gasteiger charge is -2.09. The predicted molar refractivity (Wildman–Crippen MR) is 90.9 cm³/mol. The normalized spacial score (nSPS) is 11.0. The van der Waals surface area contributed by atoms with E-state index in [1.165, 1.54) is 6.07 Å². The van der Waals surface area contributed by atoms with E-state index in [-0.39, 0.29) is 5.11 Å². The Morgan fingerprint density at radius 1 is 1.13 bits per heavy atom. The smallest absolute Gasteiger partial charge is 0.191 e. The first-order valence-electron chi connectivity index (χ1n) is 6.70. The molecule has 2 aromatic carbocycles. The molecule has 2 aromatic rings. The maximum atomic E-state index is 13.2. The Morgan fingerprint density at radius 2 is 1.91 bits per heavy atom. The van der Waals surface area contributed by atoms with Crippen molar-refractivity contribution in [3.8, 4) is 5.75 Å². The van der Waals surface area contributed by atoms with Gasteiger partial charge in [-0.2, -0.15) is 5.10 Å². The van der Waals surface area contributed by atoms with E-state index in [0.29, 0.717) is 17.0 Å². The number of hydrogen-bond acceptors (Lipinski definition) is 3. The third kappa shape index (κ3) is 4.72. The molecule has 0 saturated carbocycles. The van der Waals surface area contributed by atoms with Gasteiger partial charge in [0.1, 0.15) is 5.75 Å². The highest BCUT2D eigenvalue weighted by molar-refractivity contribution is 7.80. The fourth-order valence-electron chi connectivity index (χ4n) is 1.78. The second-order valence-electron chi connectivity index (χ2n) is 4.62. The van der Waals surface area contributed by atoms with Crippen molar-refractivity contribution in [2.24, 2.45) is 5.10 Å². The highest BCUT2D eigenvalue weighted by Gasteiger charge is 2.05. The zero-order chi connectivity index (χ0) is 16.8. The molecule has 0 aliphatic heterocycles. The first kappa shape index (κ1) is 16.8. The van der Waals surface area contributed by atoms with Gasteiger partial charge in [0.25, 0.3) is 0 Å². The van der Waals surface area contributed by atoms with Crippen molar-refractivity contribution in [1.29, 1.82) is 0 Å². The molecule has 2 N–H and O–H groups in total. The summed E-state index contributed by atoms with van der Waals surface area (Å²) in [6, 6.07) is 10.8. The van der Waals surface area contributed by atoms with E-state index >= 15 is 0 Å². The molecule has 0 saturated heterocycles. The third-order valence-corrected chi connectivity index (χ3v) is 3.18. The van der Waals surface area contributed by atoms with E-state index in [1.807, 2.05) is 18.2 Å². The number of benzene rings is 2. The fourth-order valence-corrected chi connectivity index (χ4v) is 1.94. The molecule has 0 bridgehead atoms. The van der Waals surface area contributed by atoms with E-state index in [2.05, 4.69) is 15.8 Å². The van der Waals surface area contributed by atoms with Crippen molar-refractivity contribution in [3.05, 3.63) is 59.7 Å². The van der Waals surface area contributed by atoms with Crippen LogP contribution in [0.4, 0.5) is 14.5 Å². The Hall–Kier alpha value is -2.54. The van der Waals surface area contributed by atoms with Gasteiger partial charge in [-0.3, -0.25) is 5.43 Å². The minimum atomic E-state index is -0.922. The van der Waals surface area contributed by atoms with Gasteiger partial charge < -0.3 is 10.1 Å². The van der Waals surface area contributed by atoms with Crippen molar-refractivity contribution < 1.29 is 13.5 Å². The van der Waals surface area contributed by atoms with E-state index in [9.17, 15) is 8.78 Å². The minimum absolute atomic E-state index is 0.264. The molecule has 2 rings (SSSR count). The molecule has 0 heterocycles. The molecule has 120 valence electrons. The first-order valence-corrected chi connectivity index (χ1v) is 7.11. The first-order chi connectivity index (χ1) is 11.0. The number of nitrogens with one attached hydrogen (secondary N) is 2. The van der Waals surface area contributed by atoms with Crippen LogP contribution in [0.1, 0.15) is 12.5 Å². The summed E-state index contributed by atoms with van der Waals surface area (Å²) < 4.78 is 31.2. The summed E-state index contributed by atoms with van der Waals surface area (Å²) in [6.45, 7) is 1.66. The molecule has 0 spiro atoms. The molecule has 23 heavy (non-hydrogen) atoms. The van der Waals surface area contributed by atoms with Crippen LogP contribution in [0.5, 0.6) is 5.75 Å². The molecule has 0 aromatic heterocycles. The van der Waals surface area contributed by atoms with Crippen LogP contribution < -0.4 is 15.5 Å². The van der Waals surface area contributed by atoms with E-state index in [0.717, 1.165) is 17.8 Å². The lowest BCUT2D eigenvalue weighted by atomic mass is 10.1. The molecule has 0 radical (unpaired) electrons. The summed E-state index contributed by atoms with van der Waals surface area (Å²) in [5.41, 5.74) is 4.32. The largest absolute Gasteiger partial charge is 0.497 e. The fraction of sp³-hybridized carbons (Fsp3) is 0.125. The second kappa shape index (κ2) is 7.64. The number of hydrogen-bond donors (Lipinski definition) is 2. The van der Waals surface area contributed by atoms with Crippen molar-refractivity contribution in [1.82, 2.24) is 5.43 Å². The van der Waals surface area contributed by atoms with Gasteiger partial charge in [-0.1, -0.05) is 6.07 Å². The summed E-state index contributed by atoms with van der Waals surface area (Å²) in [7, 11) is 1.57. The van der Waals surface area contributed by atoms with Crippen molar-refractivity contribution in [2.45, 2.75) is 6.92 Å². The number of ether oxygens (including phenoxy) is 1. The van der Waals surface area contributed by atoms with Crippen LogP contribution in [0.15, 0.2) is 47.6 Å². The Balaban J connectivity index is 2.00. The lowest BCUT2D eigenvalue weighted by molar-refractivity contribution is 0.415. The van der Waals surface area contributed by atoms with Crippen molar-refractivity contribution >= 4 is 28.7 Å². The average Bonchev–Trinajstić information content (AvgIpc) is 2.55. The monoisotopic (exact) mass is 335 g/mol. The molecule has 0 amide bonds. The summed E-state index contributed by atoms with van der Waals surface area (Å²) in [4.78, 5) is 0. The summed E-state index contributed by atoms with van der Waals surface area (Å²) in [5.74, 6) is -1.13. The van der Waals surface area contributed by atoms with Crippen LogP contribution in [-0.2, 0) is 0 Å². The SMILES string of the molecule is COc1cccc(NC(=S)N/N=C(/C)c2ccc(F)c(F)c2)c1. The number of halogens is 2. The average molecular weight is 335 g/mol. The second-order valence-corrected chi connectivity index (χ2v) is 5.03. The Morgan fingerprint density at radius 3 is 2.61 bits per heavy atom. The standard InChI is InChI=1S/C16H15F2N3OS/c1-10(11-6-7-14(17)15(18)8-11)20-21-16(23)19-12-4-3-5-13(9-12)22-2/h3-9H,1-2H3,(H2,19,21,23)/b20-10-. The van der Waals surface area contributed by atoms with Gasteiger partial charge in [-0.25, -0.2) is 8.78 Å². The van der Waals surface area contributed by atoms with Crippen LogP contribution in [0.25, 0.3) is 0 Å². The zero-order valence-electron chi connectivity index (χ0n) is 12.6. The maximum absolute atomic E-state index is 13.2. The van der Waals surface area contributed by atoms with Gasteiger partial charge in [0, 0.05) is 17.3 Å². The maximum Gasteiger partial charge on any atom is 0.191 e. The molecule has 4 nitrogen and oxygen atoms in total. The molecule has 0 fully saturated rings. The van der Waals surface area contributed by atoms with Gasteiger partial charge >= 0.3 is 0 Å². The number of hydrazone groups is 1. The summed E-state index contributed by atoms with van der Waals surface area (Å²) in [6.07, 6.45) is 0. The van der Waals surface area contributed by atoms with Gasteiger partial charge in [0.2, 0.25) is 0 Å². The van der Waals surface area contributed by atoms with Gasteiger partial charge in [0.15, 0.2) is 16.7 Å². The van der Waals surface area contributed by atoms with E-state index < -0.39 is 11.6 Å². The highest BCUT2D eigenvalue weighted by atomic mass is 32.1. The van der Waals surface area contributed by atoms with E-state index in [4.69, 9.17) is 17.0 Å². The number of anilines is 1. The van der Waals surface area contributed by atoms with Gasteiger partial charge in [-0.05, 0) is 49.5 Å². The summed E-state index contributed by atoms with van der Waals surface area (Å²) in [5, 5.41) is 7.25. The summed E-state index contributed by atoms with van der Waals surface area (Å²) >= 11 is 5.13. The van der Waals surface area contributed by atoms with Gasteiger partial charge in [0.05, 0.1) is 12.8 Å². The third-order valence-electron chi connectivity index (χ3n) is 2.99. The molecule has 0 aliphatic rings. The Labute approximate surface area is 138 Å². The van der Waals surface area contributed by atoms with Crippen LogP contribution in [0.3, 0.4) is 0 Å². The molecule has 0 unspecified atom stereocenters. The van der Waals surface area contributed by atoms with E-state index in [1.54, 1.807) is 20.1 Å². The number of rotatable bonds is 4. The van der Waals surface area contributed by atoms with Crippen molar-refractivity contribution in [2.75, 3.05) is 12.4 Å². The lowest BCUT2D eigenvalue weighted by Crippen LogP contribution is -2.25. The van der Waals surface area contributed by atoms with Crippen LogP contribution >= 0.6 is 12.2 Å². The highest BCUT2D eigenvalue weighted by Crippen LogP contribution is 2.16. The Bertz CT molecular complexity index is 750. The minimum Gasteiger partial charge on any atom is -0.497 e. The quantitative estimate of drug-likeness (QED) is 0.508. The molecule has 0 aliphatic carbocycles. The Kier molecular flexibility index (Phi) is 5.59. The molecular formula is C16H15F2N3OS. The number of methoxy groups -OCH3 is 1. The van der Waals surface area contributed by atoms with Crippen LogP contribution in [-0.4, -0.2) is 17.9 Å². The molecule has 0 atom stereocenters. The van der Waals surface area contributed by atoms with Crippen LogP contribution in [0.2, 0.25) is 0 Å². The van der Waals surface area contributed by atoms with Crippen LogP contribution in [0, 0.1) is 11.6 Å². The zero-order valence-corrected chi connectivity index (χ0v) is 13.4. The van der Waals surface area contributed by atoms with Crippen molar-refractivity contribution in [3.63, 3.8) is 0 Å². The molecule has 7 heteroatoms. The molecular weight excluding hydrogens is 320 g/mol. The number of nitrogens with zero attached hydrogens (tertiary/aromatic N) is 1. The topological polar surface area (TPSA) is 45.6 Å². The van der Waals surface area contributed by atoms with Gasteiger partial charge in [-0.15, -0.1) is 0 Å². The number of thiocarbonyl (C=S) groups is 1.